The molecule has 0 aliphatic heterocycles. The molecule has 1 heterocycles. The van der Waals surface area contributed by atoms with Crippen LogP contribution in [-0.2, 0) is 0 Å². The molecule has 0 spiro atoms. The van der Waals surface area contributed by atoms with Crippen molar-refractivity contribution >= 4 is 71.9 Å². The highest BCUT2D eigenvalue weighted by Gasteiger charge is 2.18. The monoisotopic (exact) mass is 723 g/mol. The van der Waals surface area contributed by atoms with E-state index in [2.05, 4.69) is 172 Å². The molecule has 0 amide bonds. The minimum absolute atomic E-state index is 0.671. The molecular formula is C53H45N3. The van der Waals surface area contributed by atoms with Crippen molar-refractivity contribution in [2.45, 2.75) is 34.1 Å². The van der Waals surface area contributed by atoms with Gasteiger partial charge in [-0.05, 0) is 89.2 Å². The number of hydrogen-bond acceptors (Lipinski definition) is 1. The lowest BCUT2D eigenvalue weighted by Crippen LogP contribution is -2.05. The number of fused-ring (bicyclic) bond motifs is 6. The second-order valence-electron chi connectivity index (χ2n) is 14.2. The van der Waals surface area contributed by atoms with E-state index < -0.39 is 0 Å². The van der Waals surface area contributed by atoms with Crippen molar-refractivity contribution in [3.8, 4) is 0 Å². The van der Waals surface area contributed by atoms with Crippen molar-refractivity contribution in [3.63, 3.8) is 0 Å². The van der Waals surface area contributed by atoms with E-state index in [4.69, 9.17) is 16.6 Å². The average Bonchev–Trinajstić information content (AvgIpc) is 3.60. The summed E-state index contributed by atoms with van der Waals surface area (Å²) in [7, 11) is 0. The minimum Gasteiger partial charge on any atom is -0.310 e. The zero-order valence-electron chi connectivity index (χ0n) is 32.5. The Morgan fingerprint density at radius 2 is 1.18 bits per heavy atom. The van der Waals surface area contributed by atoms with Gasteiger partial charge in [-0.25, -0.2) is 9.98 Å². The quantitative estimate of drug-likeness (QED) is 0.0806. The molecule has 0 fully saturated rings. The van der Waals surface area contributed by atoms with E-state index in [1.165, 1.54) is 38.2 Å². The molecule has 3 nitrogen and oxygen atoms in total. The molecule has 272 valence electrons. The Labute approximate surface area is 329 Å². The molecule has 7 aromatic carbocycles. The number of para-hydroxylation sites is 1. The molecule has 0 aliphatic carbocycles. The minimum atomic E-state index is 0.671. The van der Waals surface area contributed by atoms with E-state index in [1.807, 2.05) is 36.4 Å². The molecule has 56 heavy (non-hydrogen) atoms. The van der Waals surface area contributed by atoms with Crippen LogP contribution in [0.4, 0.5) is 0 Å². The third kappa shape index (κ3) is 6.85. The van der Waals surface area contributed by atoms with Gasteiger partial charge in [0.05, 0.1) is 16.7 Å². The van der Waals surface area contributed by atoms with Gasteiger partial charge in [-0.2, -0.15) is 0 Å². The lowest BCUT2D eigenvalue weighted by Gasteiger charge is -2.17. The molecule has 0 bridgehead atoms. The van der Waals surface area contributed by atoms with Crippen LogP contribution < -0.4 is 0 Å². The fourth-order valence-electron chi connectivity index (χ4n) is 7.70. The lowest BCUT2D eigenvalue weighted by atomic mass is 9.90. The van der Waals surface area contributed by atoms with E-state index in [1.54, 1.807) is 0 Å². The fraction of sp³-hybridized carbons (Fsp3) is 0.0943. The van der Waals surface area contributed by atoms with Gasteiger partial charge in [0.1, 0.15) is 0 Å². The van der Waals surface area contributed by atoms with Crippen molar-refractivity contribution < 1.29 is 0 Å². The molecule has 0 N–H and O–H groups in total. The van der Waals surface area contributed by atoms with Crippen LogP contribution in [0.2, 0.25) is 0 Å². The first-order valence-electron chi connectivity index (χ1n) is 19.4. The van der Waals surface area contributed by atoms with Gasteiger partial charge < -0.3 is 4.57 Å². The molecule has 8 aromatic rings. The summed E-state index contributed by atoms with van der Waals surface area (Å²) in [5.74, 6) is 0.671. The van der Waals surface area contributed by atoms with Gasteiger partial charge in [-0.3, -0.25) is 0 Å². The van der Waals surface area contributed by atoms with Gasteiger partial charge >= 0.3 is 0 Å². The van der Waals surface area contributed by atoms with Crippen LogP contribution in [0.5, 0.6) is 0 Å². The summed E-state index contributed by atoms with van der Waals surface area (Å²) in [6.07, 6.45) is 7.39. The number of nitrogens with zero attached hydrogens (tertiary/aromatic N) is 3. The Morgan fingerprint density at radius 1 is 0.589 bits per heavy atom. The summed E-state index contributed by atoms with van der Waals surface area (Å²) in [6, 6.07) is 55.4. The molecule has 0 saturated heterocycles. The zero-order chi connectivity index (χ0) is 38.6. The third-order valence-electron chi connectivity index (χ3n) is 10.7. The zero-order valence-corrected chi connectivity index (χ0v) is 32.5. The van der Waals surface area contributed by atoms with Crippen LogP contribution in [0, 0.1) is 0 Å². The second-order valence-corrected chi connectivity index (χ2v) is 14.2. The van der Waals surface area contributed by atoms with Gasteiger partial charge in [-0.15, -0.1) is 0 Å². The lowest BCUT2D eigenvalue weighted by molar-refractivity contribution is 1.09. The Hall–Kier alpha value is -6.84. The third-order valence-corrected chi connectivity index (χ3v) is 10.7. The van der Waals surface area contributed by atoms with Crippen LogP contribution in [0.15, 0.2) is 198 Å². The fourth-order valence-corrected chi connectivity index (χ4v) is 7.70. The maximum absolute atomic E-state index is 5.48. The smallest absolute Gasteiger partial charge is 0.160 e. The van der Waals surface area contributed by atoms with Gasteiger partial charge in [0.25, 0.3) is 0 Å². The maximum atomic E-state index is 5.48. The summed E-state index contributed by atoms with van der Waals surface area (Å²) < 4.78 is 2.38. The van der Waals surface area contributed by atoms with Crippen molar-refractivity contribution in [1.29, 1.82) is 0 Å². The van der Waals surface area contributed by atoms with Crippen molar-refractivity contribution in [2.75, 3.05) is 0 Å². The number of hydrogen-bond donors (Lipinski definition) is 0. The molecule has 0 saturated carbocycles. The van der Waals surface area contributed by atoms with Crippen LogP contribution >= 0.6 is 0 Å². The van der Waals surface area contributed by atoms with E-state index in [0.29, 0.717) is 5.84 Å². The van der Waals surface area contributed by atoms with Gasteiger partial charge in [0, 0.05) is 33.3 Å². The van der Waals surface area contributed by atoms with Gasteiger partial charge in [0.2, 0.25) is 0 Å². The van der Waals surface area contributed by atoms with E-state index in [-0.39, 0.29) is 0 Å². The topological polar surface area (TPSA) is 29.6 Å². The van der Waals surface area contributed by atoms with Gasteiger partial charge in [0.15, 0.2) is 5.84 Å². The highest BCUT2D eigenvalue weighted by atomic mass is 15.0. The molecule has 0 atom stereocenters. The van der Waals surface area contributed by atoms with Gasteiger partial charge in [-0.1, -0.05) is 171 Å². The number of amidine groups is 1. The highest BCUT2D eigenvalue weighted by molar-refractivity contribution is 6.22. The molecule has 0 unspecified atom stereocenters. The van der Waals surface area contributed by atoms with Crippen molar-refractivity contribution in [1.82, 2.24) is 4.57 Å². The number of aromatic nitrogens is 1. The van der Waals surface area contributed by atoms with Crippen LogP contribution in [0.1, 0.15) is 56.4 Å². The van der Waals surface area contributed by atoms with Crippen molar-refractivity contribution in [3.05, 3.63) is 210 Å². The largest absolute Gasteiger partial charge is 0.310 e. The first-order chi connectivity index (χ1) is 27.5. The van der Waals surface area contributed by atoms with Crippen LogP contribution in [0.3, 0.4) is 0 Å². The number of allylic oxidation sites excluding steroid dienone is 6. The summed E-state index contributed by atoms with van der Waals surface area (Å²) in [4.78, 5) is 10.7. The number of benzene rings is 7. The van der Waals surface area contributed by atoms with E-state index in [0.717, 1.165) is 62.1 Å². The first-order valence-corrected chi connectivity index (χ1v) is 19.4. The molecule has 3 heteroatoms. The van der Waals surface area contributed by atoms with E-state index in [9.17, 15) is 0 Å². The Kier molecular flexibility index (Phi) is 10.2. The molecule has 8 rings (SSSR count). The Morgan fingerprint density at radius 3 is 1.88 bits per heavy atom. The Bertz CT molecular complexity index is 2920. The summed E-state index contributed by atoms with van der Waals surface area (Å²) in [5, 5.41) is 7.29. The SMILES string of the molecule is C=C(/C=C\C(=C/C)n1c2ccccc2c2c3ccccc3ccc21)c1c(C(/N=C(\N=C(/C)c2ccccc2)c2ccccc2)=C(/C)CC)ccc2ccccc12. The normalized spacial score (nSPS) is 13.3. The molecule has 0 radical (unpaired) electrons. The van der Waals surface area contributed by atoms with Crippen molar-refractivity contribution in [2.24, 2.45) is 9.98 Å². The highest BCUT2D eigenvalue weighted by Crippen LogP contribution is 2.39. The summed E-state index contributed by atoms with van der Waals surface area (Å²) in [6.45, 7) is 13.3. The predicted molar refractivity (Wildman–Crippen MR) is 244 cm³/mol. The van der Waals surface area contributed by atoms with E-state index >= 15 is 0 Å². The summed E-state index contributed by atoms with van der Waals surface area (Å²) in [5.41, 5.74) is 11.4. The standard InChI is InChI=1S/C53H45N3/c1-6-36(3)52(55-53(42-24-12-9-13-25-42)54-38(5)39-20-10-8-11-21-39)47-34-31-40-22-14-16-26-44(40)50(47)37(4)30-33-43(7-2)56-48-29-19-18-28-46(48)51-45-27-17-15-23-41(45)32-35-49(51)56/h7-35H,4,6H2,1-3,5H3/b33-30-,43-7+,52-36+,54-38+,55-53-. The molecule has 1 aromatic heterocycles. The second kappa shape index (κ2) is 15.9. The van der Waals surface area contributed by atoms with Crippen LogP contribution in [-0.4, -0.2) is 16.1 Å². The maximum Gasteiger partial charge on any atom is 0.160 e. The Balaban J connectivity index is 1.29. The predicted octanol–water partition coefficient (Wildman–Crippen LogP) is 14.3. The molecular weight excluding hydrogens is 679 g/mol. The average molecular weight is 724 g/mol. The number of aliphatic imine (C=N–C) groups is 2. The van der Waals surface area contributed by atoms with Crippen LogP contribution in [0.25, 0.3) is 60.3 Å². The first kappa shape index (κ1) is 36.2. The summed E-state index contributed by atoms with van der Waals surface area (Å²) >= 11 is 0. The number of rotatable bonds is 9. The molecule has 0 aliphatic rings.